The Balaban J connectivity index is -0.000000283. The Kier molecular flexibility index (Phi) is 48.0. The summed E-state index contributed by atoms with van der Waals surface area (Å²) in [7, 11) is 3.30. The maximum absolute atomic E-state index is 13.7. The van der Waals surface area contributed by atoms with Gasteiger partial charge in [-0.1, -0.05) is 93.5 Å². The fourth-order valence-corrected chi connectivity index (χ4v) is 4.10. The second kappa shape index (κ2) is 43.6. The van der Waals surface area contributed by atoms with Crippen LogP contribution in [0.25, 0.3) is 10.9 Å². The van der Waals surface area contributed by atoms with Gasteiger partial charge in [-0.05, 0) is 77.3 Å². The van der Waals surface area contributed by atoms with Crippen molar-refractivity contribution in [3.63, 3.8) is 0 Å². The Labute approximate surface area is 329 Å². The first-order chi connectivity index (χ1) is 26.1. The second-order valence-electron chi connectivity index (χ2n) is 10.3. The third kappa shape index (κ3) is 28.7. The molecule has 1 aromatic heterocycles. The van der Waals surface area contributed by atoms with E-state index in [2.05, 4.69) is 46.1 Å². The average molecular weight is 766 g/mol. The molecule has 1 heterocycles. The molecular weight excluding hydrogens is 686 g/mol. The molecule has 2 atom stereocenters. The number of rotatable bonds is 15. The molecule has 10 nitrogen and oxygen atoms in total. The van der Waals surface area contributed by atoms with E-state index in [1.165, 1.54) is 33.5 Å². The lowest BCUT2D eigenvalue weighted by atomic mass is 10.1. The number of fused-ring (bicyclic) bond motifs is 1. The fourth-order valence-electron chi connectivity index (χ4n) is 4.10. The first kappa shape index (κ1) is 59.5. The Morgan fingerprint density at radius 2 is 1.52 bits per heavy atom. The number of aldehydes is 1. The van der Waals surface area contributed by atoms with Crippen molar-refractivity contribution >= 4 is 29.0 Å². The number of carbonyl (C=O) groups is 3. The van der Waals surface area contributed by atoms with Crippen LogP contribution in [0, 0.1) is 12.7 Å². The molecule has 11 heteroatoms. The number of aliphatic hydroxyl groups excluding tert-OH is 1. The Morgan fingerprint density at radius 1 is 0.944 bits per heavy atom. The van der Waals surface area contributed by atoms with Crippen LogP contribution in [-0.4, -0.2) is 92.1 Å². The van der Waals surface area contributed by atoms with Crippen molar-refractivity contribution in [2.45, 2.75) is 128 Å². The number of nitrogens with zero attached hydrogens (tertiary/aromatic N) is 1. The maximum atomic E-state index is 13.7. The van der Waals surface area contributed by atoms with Gasteiger partial charge in [0.1, 0.15) is 24.5 Å². The number of H-pyrrole nitrogens is 1. The molecule has 0 aliphatic heterocycles. The van der Waals surface area contributed by atoms with Gasteiger partial charge in [-0.15, -0.1) is 0 Å². The fraction of sp³-hybridized carbons (Fsp3) is 0.605. The van der Waals surface area contributed by atoms with Crippen molar-refractivity contribution in [2.24, 2.45) is 0 Å². The molecule has 314 valence electrons. The quantitative estimate of drug-likeness (QED) is 0.0774. The van der Waals surface area contributed by atoms with E-state index < -0.39 is 12.1 Å². The normalized spacial score (nSPS) is 10.1. The minimum Gasteiger partial charge on any atom is -0.492 e. The van der Waals surface area contributed by atoms with Gasteiger partial charge in [-0.25, -0.2) is 4.39 Å². The van der Waals surface area contributed by atoms with Crippen LogP contribution in [-0.2, 0) is 20.8 Å². The van der Waals surface area contributed by atoms with E-state index in [0.29, 0.717) is 31.8 Å². The van der Waals surface area contributed by atoms with Gasteiger partial charge in [0.2, 0.25) is 11.8 Å². The largest absolute Gasteiger partial charge is 0.492 e. The Morgan fingerprint density at radius 3 is 2.06 bits per heavy atom. The number of aromatic amines is 1. The van der Waals surface area contributed by atoms with Crippen LogP contribution in [0.4, 0.5) is 4.39 Å². The number of halogens is 1. The number of likely N-dealkylation sites (N-methyl/N-ethyl adjacent to an activating group) is 2. The van der Waals surface area contributed by atoms with Gasteiger partial charge >= 0.3 is 0 Å². The summed E-state index contributed by atoms with van der Waals surface area (Å²) in [6.07, 6.45) is 5.08. The third-order valence-electron chi connectivity index (χ3n) is 6.69. The molecule has 5 N–H and O–H groups in total. The number of aromatic nitrogens is 1. The molecule has 0 fully saturated rings. The van der Waals surface area contributed by atoms with E-state index in [-0.39, 0.29) is 30.8 Å². The van der Waals surface area contributed by atoms with E-state index in [1.54, 1.807) is 40.9 Å². The summed E-state index contributed by atoms with van der Waals surface area (Å²) >= 11 is 0. The van der Waals surface area contributed by atoms with Gasteiger partial charge in [-0.2, -0.15) is 0 Å². The number of nitrogens with one attached hydrogen (secondary N) is 4. The van der Waals surface area contributed by atoms with Crippen molar-refractivity contribution in [1.29, 1.82) is 0 Å². The summed E-state index contributed by atoms with van der Waals surface area (Å²) in [6.45, 7) is 29.0. The van der Waals surface area contributed by atoms with E-state index in [1.807, 2.05) is 81.5 Å². The highest BCUT2D eigenvalue weighted by molar-refractivity contribution is 5.84. The van der Waals surface area contributed by atoms with Crippen LogP contribution in [0.3, 0.4) is 0 Å². The lowest BCUT2D eigenvalue weighted by Crippen LogP contribution is -2.47. The van der Waals surface area contributed by atoms with Crippen molar-refractivity contribution in [3.8, 4) is 5.75 Å². The molecule has 0 saturated heterocycles. The van der Waals surface area contributed by atoms with Gasteiger partial charge in [-0.3, -0.25) is 9.59 Å². The molecule has 0 aliphatic rings. The van der Waals surface area contributed by atoms with E-state index in [0.717, 1.165) is 24.7 Å². The van der Waals surface area contributed by atoms with Crippen LogP contribution in [0.2, 0.25) is 0 Å². The Hall–Kier alpha value is -3.80. The lowest BCUT2D eigenvalue weighted by molar-refractivity contribution is -0.135. The summed E-state index contributed by atoms with van der Waals surface area (Å²) in [5.74, 6) is -0.126. The summed E-state index contributed by atoms with van der Waals surface area (Å²) in [6, 6.07) is 11.8. The number of ether oxygens (including phenoxy) is 1. The second-order valence-corrected chi connectivity index (χ2v) is 10.3. The highest BCUT2D eigenvalue weighted by Gasteiger charge is 2.20. The number of unbranched alkanes of at least 4 members (excludes halogenated alkanes) is 1. The number of amides is 2. The molecule has 2 aromatic carbocycles. The molecule has 0 aliphatic carbocycles. The lowest BCUT2D eigenvalue weighted by Gasteiger charge is -2.24. The number of para-hydroxylation sites is 1. The van der Waals surface area contributed by atoms with Crippen LogP contribution in [0.1, 0.15) is 114 Å². The standard InChI is InChI=1S/C22H35FN4O4.C9H9N.C2H6O.5C2H6/c1-16(15-28)27(4)22(30)17(2)25-11-12-31-20-13-19(23)9-8-18(20)7-5-6-10-26-21(29)14-24-3;1-7-6-10-9-5-3-2-4-8(7)9;1-2-3;5*1-2/h8-9,13,15-17,24-25H,5-7,10-12,14H2,1-4H3,(H,26,29);2-6,10H,1H3;3H,2H2,1H3;5*1-2H3. The molecule has 2 unspecified atom stereocenters. The number of hydrogen-bond acceptors (Lipinski definition) is 7. The van der Waals surface area contributed by atoms with Crippen molar-refractivity contribution in [1.82, 2.24) is 25.8 Å². The van der Waals surface area contributed by atoms with Crippen LogP contribution < -0.4 is 20.7 Å². The summed E-state index contributed by atoms with van der Waals surface area (Å²) in [5, 5.41) is 17.6. The summed E-state index contributed by atoms with van der Waals surface area (Å²) in [5.41, 5.74) is 3.43. The van der Waals surface area contributed by atoms with Gasteiger partial charge in [0, 0.05) is 49.9 Å². The topological polar surface area (TPSA) is 136 Å². The van der Waals surface area contributed by atoms with Crippen molar-refractivity contribution in [3.05, 3.63) is 65.6 Å². The molecule has 0 saturated carbocycles. The zero-order valence-electron chi connectivity index (χ0n) is 36.9. The molecule has 0 radical (unpaired) electrons. The average Bonchev–Trinajstić information content (AvgIpc) is 3.60. The smallest absolute Gasteiger partial charge is 0.239 e. The van der Waals surface area contributed by atoms with Crippen LogP contribution in [0.5, 0.6) is 5.75 Å². The number of carbonyl (C=O) groups excluding carboxylic acids is 3. The minimum absolute atomic E-state index is 0.0414. The number of aryl methyl sites for hydroxylation is 2. The van der Waals surface area contributed by atoms with Gasteiger partial charge in [0.15, 0.2) is 0 Å². The van der Waals surface area contributed by atoms with Gasteiger partial charge < -0.3 is 40.5 Å². The number of benzene rings is 2. The maximum Gasteiger partial charge on any atom is 0.239 e. The Bertz CT molecular complexity index is 1270. The summed E-state index contributed by atoms with van der Waals surface area (Å²) < 4.78 is 19.4. The van der Waals surface area contributed by atoms with Crippen LogP contribution in [0.15, 0.2) is 48.7 Å². The van der Waals surface area contributed by atoms with Crippen LogP contribution >= 0.6 is 0 Å². The first-order valence-corrected chi connectivity index (χ1v) is 20.0. The first-order valence-electron chi connectivity index (χ1n) is 20.0. The van der Waals surface area contributed by atoms with Gasteiger partial charge in [0.25, 0.3) is 0 Å². The molecule has 0 spiro atoms. The molecule has 2 amide bonds. The van der Waals surface area contributed by atoms with Gasteiger partial charge in [0.05, 0.1) is 18.6 Å². The predicted molar refractivity (Wildman–Crippen MR) is 230 cm³/mol. The van der Waals surface area contributed by atoms with Crippen molar-refractivity contribution in [2.75, 3.05) is 46.9 Å². The molecule has 54 heavy (non-hydrogen) atoms. The number of aliphatic hydroxyl groups is 1. The van der Waals surface area contributed by atoms with E-state index in [4.69, 9.17) is 9.84 Å². The monoisotopic (exact) mass is 766 g/mol. The zero-order valence-corrected chi connectivity index (χ0v) is 36.9. The molecule has 0 bridgehead atoms. The number of hydrogen-bond donors (Lipinski definition) is 5. The summed E-state index contributed by atoms with van der Waals surface area (Å²) in [4.78, 5) is 39.1. The predicted octanol–water partition coefficient (Wildman–Crippen LogP) is 8.49. The highest BCUT2D eigenvalue weighted by Crippen LogP contribution is 2.22. The molecule has 3 rings (SSSR count). The minimum atomic E-state index is -0.487. The SMILES string of the molecule is CC.CC.CC.CC.CC.CCO.CNCC(=O)NCCCCc1ccc(F)cc1OCCNC(C)C(=O)N(C)C(C)C=O.Cc1c[nH]c2ccccc12. The third-order valence-corrected chi connectivity index (χ3v) is 6.69. The molecular formula is C43H80FN5O5. The van der Waals surface area contributed by atoms with E-state index >= 15 is 0 Å². The molecule has 3 aromatic rings. The van der Waals surface area contributed by atoms with E-state index in [9.17, 15) is 18.8 Å². The zero-order chi connectivity index (χ0) is 42.9. The highest BCUT2D eigenvalue weighted by atomic mass is 19.1. The van der Waals surface area contributed by atoms with Crippen molar-refractivity contribution < 1.29 is 28.6 Å².